The van der Waals surface area contributed by atoms with Gasteiger partial charge < -0.3 is 14.8 Å². The molecule has 1 aromatic rings. The van der Waals surface area contributed by atoms with Gasteiger partial charge in [0.1, 0.15) is 0 Å². The lowest BCUT2D eigenvalue weighted by Crippen LogP contribution is -2.30. The van der Waals surface area contributed by atoms with Crippen molar-refractivity contribution in [2.24, 2.45) is 0 Å². The third-order valence-electron chi connectivity index (χ3n) is 3.75. The topological polar surface area (TPSA) is 64.6 Å². The molecule has 120 valence electrons. The average Bonchev–Trinajstić information content (AvgIpc) is 2.50. The first-order chi connectivity index (χ1) is 9.89. The summed E-state index contributed by atoms with van der Waals surface area (Å²) in [5, 5.41) is 2.73. The molecule has 0 saturated heterocycles. The summed E-state index contributed by atoms with van der Waals surface area (Å²) in [5.41, 5.74) is 0.863. The lowest BCUT2D eigenvalue weighted by molar-refractivity contribution is 0.354. The maximum absolute atomic E-state index is 12.3. The van der Waals surface area contributed by atoms with E-state index in [0.717, 1.165) is 5.56 Å². The van der Waals surface area contributed by atoms with Gasteiger partial charge in [-0.15, -0.1) is 0 Å². The minimum Gasteiger partial charge on any atom is -0.493 e. The van der Waals surface area contributed by atoms with E-state index in [9.17, 15) is 8.42 Å². The summed E-state index contributed by atoms with van der Waals surface area (Å²) in [6, 6.07) is 5.18. The number of benzene rings is 1. The highest BCUT2D eigenvalue weighted by Gasteiger charge is 2.25. The predicted octanol–water partition coefficient (Wildman–Crippen LogP) is 2.18. The van der Waals surface area contributed by atoms with Crippen LogP contribution in [-0.4, -0.2) is 40.7 Å². The minimum atomic E-state index is -3.14. The summed E-state index contributed by atoms with van der Waals surface area (Å²) in [4.78, 5) is 0. The molecule has 1 aromatic carbocycles. The number of ether oxygens (including phenoxy) is 2. The van der Waals surface area contributed by atoms with Crippen LogP contribution in [0.1, 0.15) is 31.9 Å². The second-order valence-electron chi connectivity index (χ2n) is 5.00. The number of rotatable bonds is 8. The Bertz CT molecular complexity index is 557. The van der Waals surface area contributed by atoms with Gasteiger partial charge in [-0.1, -0.05) is 13.0 Å². The van der Waals surface area contributed by atoms with Crippen molar-refractivity contribution in [3.63, 3.8) is 0 Å². The third-order valence-corrected chi connectivity index (χ3v) is 6.10. The molecule has 2 unspecified atom stereocenters. The van der Waals surface area contributed by atoms with Crippen LogP contribution in [0.2, 0.25) is 0 Å². The second-order valence-corrected chi connectivity index (χ2v) is 7.47. The highest BCUT2D eigenvalue weighted by molar-refractivity contribution is 7.92. The van der Waals surface area contributed by atoms with Gasteiger partial charge in [-0.2, -0.15) is 0 Å². The van der Waals surface area contributed by atoms with Gasteiger partial charge in [-0.05, 0) is 38.1 Å². The van der Waals surface area contributed by atoms with Gasteiger partial charge >= 0.3 is 0 Å². The fraction of sp³-hybridized carbons (Fsp3) is 0.600. The summed E-state index contributed by atoms with van der Waals surface area (Å²) in [6.07, 6.45) is 0.616. The van der Waals surface area contributed by atoms with E-state index in [1.54, 1.807) is 34.3 Å². The Balaban J connectivity index is 3.06. The van der Waals surface area contributed by atoms with Crippen LogP contribution in [0.4, 0.5) is 0 Å². The number of sulfone groups is 1. The van der Waals surface area contributed by atoms with Crippen LogP contribution >= 0.6 is 0 Å². The van der Waals surface area contributed by atoms with Crippen LogP contribution in [-0.2, 0) is 9.84 Å². The summed E-state index contributed by atoms with van der Waals surface area (Å²) < 4.78 is 35.0. The molecule has 1 rings (SSSR count). The zero-order valence-corrected chi connectivity index (χ0v) is 14.2. The van der Waals surface area contributed by atoms with Gasteiger partial charge in [0.2, 0.25) is 0 Å². The smallest absolute Gasteiger partial charge is 0.161 e. The highest BCUT2D eigenvalue weighted by atomic mass is 32.2. The Morgan fingerprint density at radius 2 is 1.81 bits per heavy atom. The van der Waals surface area contributed by atoms with Crippen LogP contribution in [0.25, 0.3) is 0 Å². The Hall–Kier alpha value is -1.27. The molecule has 5 nitrogen and oxygen atoms in total. The molecule has 6 heteroatoms. The van der Waals surface area contributed by atoms with Gasteiger partial charge in [0.05, 0.1) is 25.2 Å². The Morgan fingerprint density at radius 1 is 1.19 bits per heavy atom. The third kappa shape index (κ3) is 4.35. The molecule has 0 fully saturated rings. The molecule has 0 heterocycles. The van der Waals surface area contributed by atoms with Gasteiger partial charge in [0.15, 0.2) is 21.3 Å². The van der Waals surface area contributed by atoms with E-state index in [0.29, 0.717) is 17.9 Å². The number of hydrogen-bond donors (Lipinski definition) is 1. The molecule has 0 saturated carbocycles. The van der Waals surface area contributed by atoms with E-state index in [2.05, 4.69) is 5.32 Å². The van der Waals surface area contributed by atoms with Crippen molar-refractivity contribution in [1.29, 1.82) is 0 Å². The van der Waals surface area contributed by atoms with Crippen molar-refractivity contribution in [2.75, 3.05) is 27.0 Å². The van der Waals surface area contributed by atoms with Crippen LogP contribution < -0.4 is 14.8 Å². The van der Waals surface area contributed by atoms with Crippen molar-refractivity contribution in [3.8, 4) is 11.5 Å². The first-order valence-electron chi connectivity index (χ1n) is 7.00. The summed E-state index contributed by atoms with van der Waals surface area (Å²) in [5.74, 6) is 1.28. The Morgan fingerprint density at radius 3 is 2.29 bits per heavy atom. The first kappa shape index (κ1) is 17.8. The van der Waals surface area contributed by atoms with Gasteiger partial charge in [0.25, 0.3) is 0 Å². The maximum atomic E-state index is 12.3. The fourth-order valence-corrected chi connectivity index (χ4v) is 3.73. The van der Waals surface area contributed by atoms with E-state index in [1.165, 1.54) is 0 Å². The molecule has 0 radical (unpaired) electrons. The molecule has 0 aliphatic rings. The first-order valence-corrected chi connectivity index (χ1v) is 8.71. The molecular weight excluding hydrogens is 290 g/mol. The van der Waals surface area contributed by atoms with Crippen LogP contribution in [0, 0.1) is 0 Å². The quantitative estimate of drug-likeness (QED) is 0.796. The van der Waals surface area contributed by atoms with E-state index in [1.807, 2.05) is 19.1 Å². The van der Waals surface area contributed by atoms with Crippen LogP contribution in [0.3, 0.4) is 0 Å². The lowest BCUT2D eigenvalue weighted by Gasteiger charge is -2.20. The molecule has 0 aliphatic carbocycles. The number of hydrogen-bond acceptors (Lipinski definition) is 5. The van der Waals surface area contributed by atoms with Crippen molar-refractivity contribution in [3.05, 3.63) is 23.8 Å². The zero-order valence-electron chi connectivity index (χ0n) is 13.3. The average molecular weight is 315 g/mol. The van der Waals surface area contributed by atoms with Crippen molar-refractivity contribution < 1.29 is 17.9 Å². The van der Waals surface area contributed by atoms with E-state index >= 15 is 0 Å². The van der Waals surface area contributed by atoms with Gasteiger partial charge in [-0.3, -0.25) is 0 Å². The van der Waals surface area contributed by atoms with E-state index < -0.39 is 9.84 Å². The summed E-state index contributed by atoms with van der Waals surface area (Å²) >= 11 is 0. The largest absolute Gasteiger partial charge is 0.493 e. The molecule has 1 N–H and O–H groups in total. The van der Waals surface area contributed by atoms with Crippen LogP contribution in [0.5, 0.6) is 11.5 Å². The normalized spacial score (nSPS) is 14.5. The van der Waals surface area contributed by atoms with Crippen molar-refractivity contribution in [2.45, 2.75) is 31.6 Å². The number of methoxy groups -OCH3 is 2. The standard InChI is InChI=1S/C15H25NO4S/c1-6-11(2)21(17,18)10-13(16-3)12-7-8-14(19-4)15(9-12)20-5/h7-9,11,13,16H,6,10H2,1-5H3. The van der Waals surface area contributed by atoms with Gasteiger partial charge in [0, 0.05) is 6.04 Å². The van der Waals surface area contributed by atoms with Crippen molar-refractivity contribution >= 4 is 9.84 Å². The number of nitrogens with one attached hydrogen (secondary N) is 1. The second kappa shape index (κ2) is 7.66. The van der Waals surface area contributed by atoms with E-state index in [-0.39, 0.29) is 17.0 Å². The van der Waals surface area contributed by atoms with E-state index in [4.69, 9.17) is 9.47 Å². The minimum absolute atomic E-state index is 0.0635. The van der Waals surface area contributed by atoms with Crippen LogP contribution in [0.15, 0.2) is 18.2 Å². The zero-order chi connectivity index (χ0) is 16.0. The molecule has 21 heavy (non-hydrogen) atoms. The summed E-state index contributed by atoms with van der Waals surface area (Å²) in [7, 11) is 1.75. The molecule has 0 spiro atoms. The Labute approximate surface area is 127 Å². The molecule has 0 aliphatic heterocycles. The maximum Gasteiger partial charge on any atom is 0.161 e. The lowest BCUT2D eigenvalue weighted by atomic mass is 10.1. The van der Waals surface area contributed by atoms with Crippen molar-refractivity contribution in [1.82, 2.24) is 5.32 Å². The monoisotopic (exact) mass is 315 g/mol. The fourth-order valence-electron chi connectivity index (χ4n) is 2.07. The molecule has 0 bridgehead atoms. The molecule has 0 amide bonds. The highest BCUT2D eigenvalue weighted by Crippen LogP contribution is 2.30. The molecule has 0 aromatic heterocycles. The molecular formula is C15H25NO4S. The van der Waals surface area contributed by atoms with Gasteiger partial charge in [-0.25, -0.2) is 8.42 Å². The SMILES string of the molecule is CCC(C)S(=O)(=O)CC(NC)c1ccc(OC)c(OC)c1. The Kier molecular flexibility index (Phi) is 6.48. The predicted molar refractivity (Wildman–Crippen MR) is 84.9 cm³/mol. The summed E-state index contributed by atoms with van der Waals surface area (Å²) in [6.45, 7) is 3.63. The molecule has 2 atom stereocenters.